The van der Waals surface area contributed by atoms with Crippen molar-refractivity contribution in [3.63, 3.8) is 0 Å². The lowest BCUT2D eigenvalue weighted by Crippen LogP contribution is -2.16. The molecule has 0 aliphatic rings. The Kier molecular flexibility index (Phi) is 4.58. The summed E-state index contributed by atoms with van der Waals surface area (Å²) in [6.45, 7) is 0. The summed E-state index contributed by atoms with van der Waals surface area (Å²) in [5, 5.41) is 13.0. The monoisotopic (exact) mass is 349 g/mol. The van der Waals surface area contributed by atoms with Gasteiger partial charge in [0.05, 0.1) is 10.6 Å². The van der Waals surface area contributed by atoms with Crippen LogP contribution in [-0.2, 0) is 4.79 Å². The molecule has 0 aliphatic carbocycles. The number of anilines is 1. The number of carbonyl (C=O) groups is 1. The Bertz CT molecular complexity index is 818. The summed E-state index contributed by atoms with van der Waals surface area (Å²) in [6, 6.07) is 9.50. The summed E-state index contributed by atoms with van der Waals surface area (Å²) in [5.41, 5.74) is 0.407. The molecule has 9 heteroatoms. The zero-order valence-corrected chi connectivity index (χ0v) is 13.4. The Balaban J connectivity index is 1.61. The first-order valence-electron chi connectivity index (χ1n) is 6.56. The lowest BCUT2D eigenvalue weighted by molar-refractivity contribution is -0.113. The second-order valence-corrected chi connectivity index (χ2v) is 6.39. The number of thioether (sulfide) groups is 1. The van der Waals surface area contributed by atoms with Gasteiger partial charge in [-0.3, -0.25) is 4.79 Å². The SMILES string of the molecule is Nn1c(SCC(=O)Nc2cccc(F)c2)nnc1-c1cccs1. The van der Waals surface area contributed by atoms with E-state index in [4.69, 9.17) is 5.84 Å². The molecule has 0 saturated carbocycles. The molecule has 0 spiro atoms. The van der Waals surface area contributed by atoms with Crippen LogP contribution in [0, 0.1) is 5.82 Å². The van der Waals surface area contributed by atoms with Gasteiger partial charge in [-0.2, -0.15) is 0 Å². The van der Waals surface area contributed by atoms with Crippen LogP contribution in [0.2, 0.25) is 0 Å². The number of aromatic nitrogens is 3. The van der Waals surface area contributed by atoms with E-state index in [1.54, 1.807) is 6.07 Å². The second-order valence-electron chi connectivity index (χ2n) is 4.50. The third kappa shape index (κ3) is 3.69. The third-order valence-corrected chi connectivity index (χ3v) is 4.66. The van der Waals surface area contributed by atoms with E-state index < -0.39 is 5.82 Å². The molecule has 0 saturated heterocycles. The average Bonchev–Trinajstić information content (AvgIpc) is 3.15. The van der Waals surface area contributed by atoms with Crippen molar-refractivity contribution < 1.29 is 9.18 Å². The highest BCUT2D eigenvalue weighted by atomic mass is 32.2. The van der Waals surface area contributed by atoms with Crippen molar-refractivity contribution in [2.75, 3.05) is 16.9 Å². The van der Waals surface area contributed by atoms with Crippen LogP contribution in [0.3, 0.4) is 0 Å². The van der Waals surface area contributed by atoms with Crippen LogP contribution in [0.1, 0.15) is 0 Å². The Hall–Kier alpha value is -2.39. The van der Waals surface area contributed by atoms with Gasteiger partial charge in [-0.05, 0) is 29.6 Å². The van der Waals surface area contributed by atoms with Crippen molar-refractivity contribution in [3.8, 4) is 10.7 Å². The number of benzene rings is 1. The fourth-order valence-electron chi connectivity index (χ4n) is 1.84. The first-order valence-corrected chi connectivity index (χ1v) is 8.42. The molecule has 0 aliphatic heterocycles. The number of nitrogens with zero attached hydrogens (tertiary/aromatic N) is 3. The Morgan fingerprint density at radius 2 is 2.22 bits per heavy atom. The van der Waals surface area contributed by atoms with Gasteiger partial charge < -0.3 is 11.2 Å². The zero-order valence-electron chi connectivity index (χ0n) is 11.8. The van der Waals surface area contributed by atoms with E-state index in [0.717, 1.165) is 16.6 Å². The lowest BCUT2D eigenvalue weighted by Gasteiger charge is -2.05. The van der Waals surface area contributed by atoms with Gasteiger partial charge in [0.1, 0.15) is 5.82 Å². The van der Waals surface area contributed by atoms with Gasteiger partial charge in [0.2, 0.25) is 11.1 Å². The maximum Gasteiger partial charge on any atom is 0.234 e. The maximum absolute atomic E-state index is 13.1. The van der Waals surface area contributed by atoms with Gasteiger partial charge in [0, 0.05) is 5.69 Å². The highest BCUT2D eigenvalue weighted by Gasteiger charge is 2.14. The van der Waals surface area contributed by atoms with Crippen LogP contribution >= 0.6 is 23.1 Å². The van der Waals surface area contributed by atoms with Crippen molar-refractivity contribution >= 4 is 34.7 Å². The van der Waals surface area contributed by atoms with Crippen LogP contribution < -0.4 is 11.2 Å². The molecule has 1 aromatic carbocycles. The molecule has 2 heterocycles. The van der Waals surface area contributed by atoms with Gasteiger partial charge in [0.25, 0.3) is 0 Å². The molecule has 0 fully saturated rings. The van der Waals surface area contributed by atoms with Crippen molar-refractivity contribution in [3.05, 3.63) is 47.6 Å². The quantitative estimate of drug-likeness (QED) is 0.546. The van der Waals surface area contributed by atoms with Crippen LogP contribution in [0.15, 0.2) is 46.9 Å². The first-order chi connectivity index (χ1) is 11.1. The van der Waals surface area contributed by atoms with Crippen LogP contribution in [0.5, 0.6) is 0 Å². The van der Waals surface area contributed by atoms with Gasteiger partial charge in [0.15, 0.2) is 5.82 Å². The summed E-state index contributed by atoms with van der Waals surface area (Å²) >= 11 is 2.66. The molecule has 0 atom stereocenters. The standard InChI is InChI=1S/C14H12FN5OS2/c15-9-3-1-4-10(7-9)17-12(21)8-23-14-19-18-13(20(14)16)11-5-2-6-22-11/h1-7H,8,16H2,(H,17,21). The van der Waals surface area contributed by atoms with E-state index in [-0.39, 0.29) is 11.7 Å². The van der Waals surface area contributed by atoms with Crippen LogP contribution in [-0.4, -0.2) is 26.5 Å². The smallest absolute Gasteiger partial charge is 0.234 e. The molecular formula is C14H12FN5OS2. The minimum Gasteiger partial charge on any atom is -0.335 e. The molecule has 3 rings (SSSR count). The fraction of sp³-hybridized carbons (Fsp3) is 0.0714. The molecule has 0 unspecified atom stereocenters. The first kappa shape index (κ1) is 15.5. The van der Waals surface area contributed by atoms with Gasteiger partial charge in [-0.25, -0.2) is 9.07 Å². The maximum atomic E-state index is 13.1. The fourth-order valence-corrected chi connectivity index (χ4v) is 3.20. The number of nitrogen functional groups attached to an aromatic ring is 1. The van der Waals surface area contributed by atoms with E-state index in [9.17, 15) is 9.18 Å². The van der Waals surface area contributed by atoms with E-state index in [0.29, 0.717) is 16.7 Å². The highest BCUT2D eigenvalue weighted by molar-refractivity contribution is 7.99. The van der Waals surface area contributed by atoms with Gasteiger partial charge in [-0.15, -0.1) is 21.5 Å². The molecule has 0 radical (unpaired) electrons. The number of nitrogens with one attached hydrogen (secondary N) is 1. The molecule has 23 heavy (non-hydrogen) atoms. The molecule has 6 nitrogen and oxygen atoms in total. The van der Waals surface area contributed by atoms with Crippen molar-refractivity contribution in [2.45, 2.75) is 5.16 Å². The number of hydrogen-bond donors (Lipinski definition) is 2. The average molecular weight is 349 g/mol. The second kappa shape index (κ2) is 6.80. The van der Waals surface area contributed by atoms with Gasteiger partial charge in [-0.1, -0.05) is 23.9 Å². The Morgan fingerprint density at radius 3 is 2.96 bits per heavy atom. The third-order valence-electron chi connectivity index (χ3n) is 2.85. The molecule has 0 bridgehead atoms. The number of amides is 1. The van der Waals surface area contributed by atoms with Crippen molar-refractivity contribution in [1.82, 2.24) is 14.9 Å². The molecular weight excluding hydrogens is 337 g/mol. The minimum absolute atomic E-state index is 0.0935. The lowest BCUT2D eigenvalue weighted by atomic mass is 10.3. The molecule has 118 valence electrons. The summed E-state index contributed by atoms with van der Waals surface area (Å²) < 4.78 is 14.4. The van der Waals surface area contributed by atoms with E-state index in [1.807, 2.05) is 17.5 Å². The number of thiophene rings is 1. The van der Waals surface area contributed by atoms with E-state index >= 15 is 0 Å². The van der Waals surface area contributed by atoms with Crippen LogP contribution in [0.4, 0.5) is 10.1 Å². The summed E-state index contributed by atoms with van der Waals surface area (Å²) in [5.74, 6) is 5.91. The summed E-state index contributed by atoms with van der Waals surface area (Å²) in [7, 11) is 0. The molecule has 1 amide bonds. The van der Waals surface area contributed by atoms with E-state index in [2.05, 4.69) is 15.5 Å². The molecule has 2 aromatic heterocycles. The number of halogens is 1. The number of nitrogens with two attached hydrogens (primary N) is 1. The zero-order chi connectivity index (χ0) is 16.2. The minimum atomic E-state index is -0.405. The normalized spacial score (nSPS) is 10.7. The predicted octanol–water partition coefficient (Wildman–Crippen LogP) is 2.59. The molecule has 3 N–H and O–H groups in total. The van der Waals surface area contributed by atoms with Crippen molar-refractivity contribution in [1.29, 1.82) is 0 Å². The predicted molar refractivity (Wildman–Crippen MR) is 89.2 cm³/mol. The number of hydrogen-bond acceptors (Lipinski definition) is 6. The Morgan fingerprint density at radius 1 is 1.35 bits per heavy atom. The number of carbonyl (C=O) groups excluding carboxylic acids is 1. The van der Waals surface area contributed by atoms with Crippen molar-refractivity contribution in [2.24, 2.45) is 0 Å². The Labute approximate surface area is 139 Å². The van der Waals surface area contributed by atoms with Gasteiger partial charge >= 0.3 is 0 Å². The summed E-state index contributed by atoms with van der Waals surface area (Å²) in [4.78, 5) is 12.8. The topological polar surface area (TPSA) is 85.8 Å². The number of rotatable bonds is 5. The molecule has 3 aromatic rings. The summed E-state index contributed by atoms with van der Waals surface area (Å²) in [6.07, 6.45) is 0. The van der Waals surface area contributed by atoms with Crippen LogP contribution in [0.25, 0.3) is 10.7 Å². The largest absolute Gasteiger partial charge is 0.335 e. The van der Waals surface area contributed by atoms with E-state index in [1.165, 1.54) is 34.2 Å². The highest BCUT2D eigenvalue weighted by Crippen LogP contribution is 2.25.